The maximum absolute atomic E-state index is 13.6. The van der Waals surface area contributed by atoms with Crippen molar-refractivity contribution < 1.29 is 14.3 Å². The summed E-state index contributed by atoms with van der Waals surface area (Å²) in [6.45, 7) is 1.82. The first kappa shape index (κ1) is 13.9. The van der Waals surface area contributed by atoms with Crippen LogP contribution in [0.5, 0.6) is 5.75 Å². The largest absolute Gasteiger partial charge is 0.508 e. The second-order valence-corrected chi connectivity index (χ2v) is 4.55. The van der Waals surface area contributed by atoms with Crippen molar-refractivity contribution in [1.29, 1.82) is 0 Å². The third-order valence-electron chi connectivity index (χ3n) is 2.91. The summed E-state index contributed by atoms with van der Waals surface area (Å²) in [6.07, 6.45) is 0. The molecule has 2 aromatic rings. The summed E-state index contributed by atoms with van der Waals surface area (Å²) in [4.78, 5) is 11.9. The lowest BCUT2D eigenvalue weighted by Gasteiger charge is -2.09. The number of nitrogen functional groups attached to an aromatic ring is 1. The number of rotatable bonds is 3. The van der Waals surface area contributed by atoms with Crippen LogP contribution in [0, 0.1) is 12.7 Å². The van der Waals surface area contributed by atoms with Crippen molar-refractivity contribution in [2.45, 2.75) is 13.5 Å². The van der Waals surface area contributed by atoms with E-state index in [2.05, 4.69) is 5.32 Å². The predicted octanol–water partition coefficient (Wildman–Crippen LogP) is 2.35. The molecule has 5 heteroatoms. The van der Waals surface area contributed by atoms with Crippen LogP contribution in [0.1, 0.15) is 21.5 Å². The topological polar surface area (TPSA) is 75.4 Å². The number of nitrogens with two attached hydrogens (primary N) is 1. The lowest BCUT2D eigenvalue weighted by atomic mass is 10.1. The number of halogens is 1. The van der Waals surface area contributed by atoms with Gasteiger partial charge in [-0.25, -0.2) is 4.39 Å². The van der Waals surface area contributed by atoms with Crippen LogP contribution < -0.4 is 11.1 Å². The van der Waals surface area contributed by atoms with E-state index < -0.39 is 11.7 Å². The molecule has 2 aromatic carbocycles. The van der Waals surface area contributed by atoms with Crippen LogP contribution >= 0.6 is 0 Å². The number of carbonyl (C=O) groups is 1. The van der Waals surface area contributed by atoms with E-state index in [1.54, 1.807) is 25.1 Å². The van der Waals surface area contributed by atoms with Crippen molar-refractivity contribution in [1.82, 2.24) is 5.32 Å². The molecule has 0 aliphatic rings. The van der Waals surface area contributed by atoms with Crippen molar-refractivity contribution in [2.75, 3.05) is 5.73 Å². The molecule has 0 aromatic heterocycles. The van der Waals surface area contributed by atoms with E-state index in [1.807, 2.05) is 0 Å². The molecule has 0 saturated carbocycles. The van der Waals surface area contributed by atoms with Gasteiger partial charge in [-0.2, -0.15) is 0 Å². The third kappa shape index (κ3) is 3.06. The summed E-state index contributed by atoms with van der Waals surface area (Å²) in [6, 6.07) is 8.95. The molecule has 0 heterocycles. The van der Waals surface area contributed by atoms with Crippen LogP contribution in [0.3, 0.4) is 0 Å². The minimum absolute atomic E-state index is 0.0287. The summed E-state index contributed by atoms with van der Waals surface area (Å²) >= 11 is 0. The molecule has 1 amide bonds. The fourth-order valence-electron chi connectivity index (χ4n) is 1.82. The first-order valence-corrected chi connectivity index (χ1v) is 6.09. The summed E-state index contributed by atoms with van der Waals surface area (Å²) in [5.41, 5.74) is 7.27. The Kier molecular flexibility index (Phi) is 3.89. The number of phenols is 1. The number of benzene rings is 2. The Bertz CT molecular complexity index is 656. The Labute approximate surface area is 116 Å². The molecule has 4 N–H and O–H groups in total. The van der Waals surface area contributed by atoms with Gasteiger partial charge in [0.05, 0.1) is 5.56 Å². The van der Waals surface area contributed by atoms with E-state index in [-0.39, 0.29) is 17.9 Å². The van der Waals surface area contributed by atoms with Crippen LogP contribution in [0.2, 0.25) is 0 Å². The number of anilines is 1. The van der Waals surface area contributed by atoms with Gasteiger partial charge in [0.25, 0.3) is 5.91 Å². The summed E-state index contributed by atoms with van der Waals surface area (Å²) in [5, 5.41) is 12.2. The van der Waals surface area contributed by atoms with Gasteiger partial charge in [0.2, 0.25) is 0 Å². The average molecular weight is 274 g/mol. The monoisotopic (exact) mass is 274 g/mol. The maximum atomic E-state index is 13.6. The molecular formula is C15H15FN2O2. The number of hydrogen-bond acceptors (Lipinski definition) is 3. The number of hydrogen-bond donors (Lipinski definition) is 3. The number of aryl methyl sites for hydroxylation is 1. The lowest BCUT2D eigenvalue weighted by molar-refractivity contribution is 0.0946. The van der Waals surface area contributed by atoms with Gasteiger partial charge in [-0.3, -0.25) is 4.79 Å². The van der Waals surface area contributed by atoms with Crippen LogP contribution in [0.4, 0.5) is 10.1 Å². The van der Waals surface area contributed by atoms with E-state index in [0.717, 1.165) is 5.56 Å². The molecule has 20 heavy (non-hydrogen) atoms. The van der Waals surface area contributed by atoms with Gasteiger partial charge in [0, 0.05) is 17.8 Å². The van der Waals surface area contributed by atoms with Gasteiger partial charge in [0.15, 0.2) is 0 Å². The van der Waals surface area contributed by atoms with Crippen LogP contribution in [0.25, 0.3) is 0 Å². The second kappa shape index (κ2) is 5.61. The predicted molar refractivity (Wildman–Crippen MR) is 74.8 cm³/mol. The Morgan fingerprint density at radius 2 is 2.05 bits per heavy atom. The number of amides is 1. The molecule has 0 aliphatic carbocycles. The zero-order chi connectivity index (χ0) is 14.7. The third-order valence-corrected chi connectivity index (χ3v) is 2.91. The molecule has 0 unspecified atom stereocenters. The van der Waals surface area contributed by atoms with Crippen molar-refractivity contribution in [3.05, 3.63) is 58.9 Å². The van der Waals surface area contributed by atoms with E-state index in [4.69, 9.17) is 5.73 Å². The molecule has 0 atom stereocenters. The molecule has 0 radical (unpaired) electrons. The highest BCUT2D eigenvalue weighted by Crippen LogP contribution is 2.19. The minimum atomic E-state index is -0.570. The fraction of sp³-hybridized carbons (Fsp3) is 0.133. The SMILES string of the molecule is Cc1ccc(C(=O)NCc2cc(N)ccc2O)c(F)c1. The van der Waals surface area contributed by atoms with Gasteiger partial charge in [0.1, 0.15) is 11.6 Å². The zero-order valence-corrected chi connectivity index (χ0v) is 11.0. The number of aromatic hydroxyl groups is 1. The first-order valence-electron chi connectivity index (χ1n) is 6.09. The molecular weight excluding hydrogens is 259 g/mol. The van der Waals surface area contributed by atoms with Gasteiger partial charge in [-0.05, 0) is 42.8 Å². The average Bonchev–Trinajstić information content (AvgIpc) is 2.39. The van der Waals surface area contributed by atoms with Gasteiger partial charge < -0.3 is 16.2 Å². The quantitative estimate of drug-likeness (QED) is 0.594. The van der Waals surface area contributed by atoms with E-state index >= 15 is 0 Å². The molecule has 0 saturated heterocycles. The van der Waals surface area contributed by atoms with E-state index in [9.17, 15) is 14.3 Å². The summed E-state index contributed by atoms with van der Waals surface area (Å²) < 4.78 is 13.6. The Balaban J connectivity index is 2.10. The van der Waals surface area contributed by atoms with Crippen molar-refractivity contribution in [3.8, 4) is 5.75 Å². The Hall–Kier alpha value is -2.56. The van der Waals surface area contributed by atoms with Crippen molar-refractivity contribution >= 4 is 11.6 Å². The molecule has 0 aliphatic heterocycles. The Morgan fingerprint density at radius 1 is 1.30 bits per heavy atom. The number of nitrogens with one attached hydrogen (secondary N) is 1. The number of carbonyl (C=O) groups excluding carboxylic acids is 1. The summed E-state index contributed by atoms with van der Waals surface area (Å²) in [7, 11) is 0. The highest BCUT2D eigenvalue weighted by molar-refractivity contribution is 5.94. The van der Waals surface area contributed by atoms with E-state index in [0.29, 0.717) is 11.3 Å². The summed E-state index contributed by atoms with van der Waals surface area (Å²) in [5.74, 6) is -1.08. The maximum Gasteiger partial charge on any atom is 0.254 e. The standard InChI is InChI=1S/C15H15FN2O2/c1-9-2-4-12(13(16)6-9)15(20)18-8-10-7-11(17)3-5-14(10)19/h2-7,19H,8,17H2,1H3,(H,18,20). The minimum Gasteiger partial charge on any atom is -0.508 e. The van der Waals surface area contributed by atoms with Gasteiger partial charge >= 0.3 is 0 Å². The first-order chi connectivity index (χ1) is 9.47. The zero-order valence-electron chi connectivity index (χ0n) is 11.0. The second-order valence-electron chi connectivity index (χ2n) is 4.55. The van der Waals surface area contributed by atoms with Crippen LogP contribution in [-0.2, 0) is 6.54 Å². The molecule has 104 valence electrons. The highest BCUT2D eigenvalue weighted by Gasteiger charge is 2.12. The van der Waals surface area contributed by atoms with Crippen molar-refractivity contribution in [3.63, 3.8) is 0 Å². The smallest absolute Gasteiger partial charge is 0.254 e. The molecule has 2 rings (SSSR count). The fourth-order valence-corrected chi connectivity index (χ4v) is 1.82. The Morgan fingerprint density at radius 3 is 2.75 bits per heavy atom. The van der Waals surface area contributed by atoms with Crippen LogP contribution in [-0.4, -0.2) is 11.0 Å². The lowest BCUT2D eigenvalue weighted by Crippen LogP contribution is -2.24. The highest BCUT2D eigenvalue weighted by atomic mass is 19.1. The molecule has 0 bridgehead atoms. The molecule has 4 nitrogen and oxygen atoms in total. The molecule has 0 spiro atoms. The van der Waals surface area contributed by atoms with Gasteiger partial charge in [-0.15, -0.1) is 0 Å². The normalized spacial score (nSPS) is 10.3. The molecule has 0 fully saturated rings. The van der Waals surface area contributed by atoms with Crippen LogP contribution in [0.15, 0.2) is 36.4 Å². The van der Waals surface area contributed by atoms with Gasteiger partial charge in [-0.1, -0.05) is 6.07 Å². The van der Waals surface area contributed by atoms with E-state index in [1.165, 1.54) is 18.2 Å². The number of phenolic OH excluding ortho intramolecular Hbond substituents is 1. The van der Waals surface area contributed by atoms with Crippen molar-refractivity contribution in [2.24, 2.45) is 0 Å².